The Balaban J connectivity index is 1.58. The van der Waals surface area contributed by atoms with E-state index in [1.54, 1.807) is 42.1 Å². The molecular formula is C31H29N7OS2. The van der Waals surface area contributed by atoms with Gasteiger partial charge in [0.25, 0.3) is 0 Å². The van der Waals surface area contributed by atoms with E-state index in [1.165, 1.54) is 13.3 Å². The summed E-state index contributed by atoms with van der Waals surface area (Å²) in [7, 11) is 0. The van der Waals surface area contributed by atoms with Crippen LogP contribution in [0.25, 0.3) is 45.6 Å². The minimum Gasteiger partial charge on any atom is -0.293 e. The van der Waals surface area contributed by atoms with Gasteiger partial charge in [-0.2, -0.15) is 0 Å². The van der Waals surface area contributed by atoms with Gasteiger partial charge in [0.1, 0.15) is 18.3 Å². The molecule has 0 radical (unpaired) electrons. The maximum absolute atomic E-state index is 12.0. The quantitative estimate of drug-likeness (QED) is 0.117. The first-order valence-corrected chi connectivity index (χ1v) is 15.4. The summed E-state index contributed by atoms with van der Waals surface area (Å²) < 4.78 is 0. The summed E-state index contributed by atoms with van der Waals surface area (Å²) in [5.41, 5.74) is 6.00. The summed E-state index contributed by atoms with van der Waals surface area (Å²) in [6.45, 7) is 5.81. The van der Waals surface area contributed by atoms with Crippen molar-refractivity contribution in [2.45, 2.75) is 43.4 Å². The van der Waals surface area contributed by atoms with Gasteiger partial charge in [-0.05, 0) is 72.9 Å². The highest BCUT2D eigenvalue weighted by Gasteiger charge is 2.15. The number of carbonyl (C=O) groups is 1. The molecule has 5 aromatic rings. The first-order chi connectivity index (χ1) is 20.0. The molecular weight excluding hydrogens is 551 g/mol. The fourth-order valence-corrected chi connectivity index (χ4v) is 5.64. The SMILES string of the molecule is CCCSc1cc(-c2ccccn2)nc(-c2cc(-c3cc(SCCC)cc(-c4cc(C(C)=O)ncn4)n3)ncn2)c1. The standard InChI is InChI=1S/C31H29N7OS2/c1-4-10-40-21-12-28(23-8-6-7-9-32-23)37-30(13-21)26-17-27(36-19-35-26)31-15-22(41-11-5-2)14-29(38-31)25-16-24(20(3)39)33-18-34-25/h6-9,12-19H,4-5,10-11H2,1-3H3. The molecule has 8 nitrogen and oxygen atoms in total. The molecule has 0 aliphatic rings. The molecule has 10 heteroatoms. The van der Waals surface area contributed by atoms with E-state index in [-0.39, 0.29) is 5.78 Å². The largest absolute Gasteiger partial charge is 0.293 e. The van der Waals surface area contributed by atoms with Gasteiger partial charge in [-0.15, -0.1) is 23.5 Å². The van der Waals surface area contributed by atoms with Crippen LogP contribution in [0.3, 0.4) is 0 Å². The smallest absolute Gasteiger partial charge is 0.178 e. The average molecular weight is 580 g/mol. The van der Waals surface area contributed by atoms with Crippen LogP contribution in [-0.4, -0.2) is 52.2 Å². The number of rotatable bonds is 11. The van der Waals surface area contributed by atoms with Gasteiger partial charge in [0.2, 0.25) is 0 Å². The second-order valence-electron chi connectivity index (χ2n) is 9.19. The summed E-state index contributed by atoms with van der Waals surface area (Å²) in [4.78, 5) is 46.1. The number of hydrogen-bond acceptors (Lipinski definition) is 10. The highest BCUT2D eigenvalue weighted by Crippen LogP contribution is 2.32. The van der Waals surface area contributed by atoms with Crippen molar-refractivity contribution in [2.24, 2.45) is 0 Å². The first kappa shape index (κ1) is 28.5. The average Bonchev–Trinajstić information content (AvgIpc) is 3.03. The Hall–Kier alpha value is -4.02. The summed E-state index contributed by atoms with van der Waals surface area (Å²) in [6, 6.07) is 17.6. The van der Waals surface area contributed by atoms with Crippen LogP contribution in [0.1, 0.15) is 44.1 Å². The van der Waals surface area contributed by atoms with E-state index in [1.807, 2.05) is 36.4 Å². The van der Waals surface area contributed by atoms with Gasteiger partial charge in [-0.3, -0.25) is 9.78 Å². The molecule has 0 aromatic carbocycles. The highest BCUT2D eigenvalue weighted by atomic mass is 32.2. The van der Waals surface area contributed by atoms with Crippen molar-refractivity contribution < 1.29 is 4.79 Å². The van der Waals surface area contributed by atoms with E-state index in [4.69, 9.17) is 9.97 Å². The molecule has 0 saturated carbocycles. The van der Waals surface area contributed by atoms with Crippen LogP contribution in [0.4, 0.5) is 0 Å². The molecule has 0 atom stereocenters. The van der Waals surface area contributed by atoms with E-state index in [0.29, 0.717) is 34.2 Å². The molecule has 0 fully saturated rings. The molecule has 0 saturated heterocycles. The van der Waals surface area contributed by atoms with Gasteiger partial charge >= 0.3 is 0 Å². The third-order valence-corrected chi connectivity index (χ3v) is 8.32. The maximum atomic E-state index is 12.0. The Bertz CT molecular complexity index is 1660. The van der Waals surface area contributed by atoms with Gasteiger partial charge in [-0.25, -0.2) is 29.9 Å². The van der Waals surface area contributed by atoms with Crippen molar-refractivity contribution in [1.82, 2.24) is 34.9 Å². The lowest BCUT2D eigenvalue weighted by molar-refractivity contribution is 0.101. The fraction of sp³-hybridized carbons (Fsp3) is 0.226. The molecule has 5 rings (SSSR count). The Morgan fingerprint density at radius 1 is 0.610 bits per heavy atom. The van der Waals surface area contributed by atoms with Gasteiger partial charge in [0.15, 0.2) is 5.78 Å². The Kier molecular flexibility index (Phi) is 9.43. The van der Waals surface area contributed by atoms with Crippen LogP contribution in [0, 0.1) is 0 Å². The molecule has 0 aliphatic heterocycles. The minimum atomic E-state index is -0.122. The summed E-state index contributed by atoms with van der Waals surface area (Å²) in [5, 5.41) is 0. The maximum Gasteiger partial charge on any atom is 0.178 e. The van der Waals surface area contributed by atoms with Crippen molar-refractivity contribution in [2.75, 3.05) is 11.5 Å². The first-order valence-electron chi connectivity index (χ1n) is 13.4. The van der Waals surface area contributed by atoms with E-state index in [9.17, 15) is 4.79 Å². The van der Waals surface area contributed by atoms with Crippen molar-refractivity contribution in [3.05, 3.63) is 79.1 Å². The Labute approximate surface area is 248 Å². The van der Waals surface area contributed by atoms with Crippen LogP contribution < -0.4 is 0 Å². The minimum absolute atomic E-state index is 0.122. The molecule has 0 amide bonds. The van der Waals surface area contributed by atoms with Crippen LogP contribution in [0.2, 0.25) is 0 Å². The van der Waals surface area contributed by atoms with Crippen LogP contribution >= 0.6 is 23.5 Å². The second kappa shape index (κ2) is 13.6. The summed E-state index contributed by atoms with van der Waals surface area (Å²) >= 11 is 3.53. The van der Waals surface area contributed by atoms with E-state index in [2.05, 4.69) is 50.9 Å². The normalized spacial score (nSPS) is 11.0. The topological polar surface area (TPSA) is 107 Å². The second-order valence-corrected chi connectivity index (χ2v) is 11.5. The zero-order chi connectivity index (χ0) is 28.6. The number of carbonyl (C=O) groups excluding carboxylic acids is 1. The lowest BCUT2D eigenvalue weighted by atomic mass is 10.1. The Morgan fingerprint density at radius 2 is 1.12 bits per heavy atom. The predicted octanol–water partition coefficient (Wildman–Crippen LogP) is 7.33. The number of pyridine rings is 3. The number of ketones is 1. The zero-order valence-corrected chi connectivity index (χ0v) is 24.7. The van der Waals surface area contributed by atoms with Crippen molar-refractivity contribution in [1.29, 1.82) is 0 Å². The molecule has 0 N–H and O–H groups in total. The molecule has 0 aliphatic carbocycles. The molecule has 0 unspecified atom stereocenters. The lowest BCUT2D eigenvalue weighted by Crippen LogP contribution is -2.00. The third kappa shape index (κ3) is 7.20. The number of thioether (sulfide) groups is 2. The fourth-order valence-electron chi connectivity index (χ4n) is 3.98. The zero-order valence-electron chi connectivity index (χ0n) is 23.1. The van der Waals surface area contributed by atoms with Crippen molar-refractivity contribution >= 4 is 29.3 Å². The number of aromatic nitrogens is 7. The Morgan fingerprint density at radius 3 is 1.61 bits per heavy atom. The summed E-state index contributed by atoms with van der Waals surface area (Å²) in [5.74, 6) is 1.84. The molecule has 206 valence electrons. The van der Waals surface area contributed by atoms with Crippen LogP contribution in [-0.2, 0) is 0 Å². The molecule has 0 bridgehead atoms. The number of nitrogens with zero attached hydrogens (tertiary/aromatic N) is 7. The van der Waals surface area contributed by atoms with E-state index in [0.717, 1.165) is 51.2 Å². The summed E-state index contributed by atoms with van der Waals surface area (Å²) in [6.07, 6.45) is 6.82. The van der Waals surface area contributed by atoms with Crippen LogP contribution in [0.15, 0.2) is 83.2 Å². The van der Waals surface area contributed by atoms with E-state index < -0.39 is 0 Å². The van der Waals surface area contributed by atoms with Gasteiger partial charge < -0.3 is 0 Å². The lowest BCUT2D eigenvalue weighted by Gasteiger charge is -2.11. The predicted molar refractivity (Wildman–Crippen MR) is 165 cm³/mol. The molecule has 5 aromatic heterocycles. The van der Waals surface area contributed by atoms with Crippen LogP contribution in [0.5, 0.6) is 0 Å². The van der Waals surface area contributed by atoms with Gasteiger partial charge in [0.05, 0.1) is 45.6 Å². The molecule has 5 heterocycles. The third-order valence-electron chi connectivity index (χ3n) is 5.95. The van der Waals surface area contributed by atoms with Crippen molar-refractivity contribution in [3.63, 3.8) is 0 Å². The molecule has 0 spiro atoms. The number of hydrogen-bond donors (Lipinski definition) is 0. The van der Waals surface area contributed by atoms with E-state index >= 15 is 0 Å². The van der Waals surface area contributed by atoms with Gasteiger partial charge in [0, 0.05) is 22.9 Å². The van der Waals surface area contributed by atoms with Crippen molar-refractivity contribution in [3.8, 4) is 45.6 Å². The monoisotopic (exact) mass is 579 g/mol. The van der Waals surface area contributed by atoms with Gasteiger partial charge in [-0.1, -0.05) is 19.9 Å². The highest BCUT2D eigenvalue weighted by molar-refractivity contribution is 7.99. The number of Topliss-reactive ketones (excluding diaryl/α,β-unsaturated/α-hetero) is 1. The molecule has 41 heavy (non-hydrogen) atoms.